The number of hydrogen-bond donors (Lipinski definition) is 2. The molecule has 2 atom stereocenters. The van der Waals surface area contributed by atoms with Crippen LogP contribution in [0.15, 0.2) is 54.2 Å². The molecule has 0 spiro atoms. The third-order valence-electron chi connectivity index (χ3n) is 6.31. The lowest BCUT2D eigenvalue weighted by molar-refractivity contribution is 0.0690. The fourth-order valence-electron chi connectivity index (χ4n) is 4.49. The standard InChI is InChI=1S/C25H31N3O2/c1-2-20(14-18-6-4-3-5-7-18)22-15-24(22)27-21-10-12-28(13-11-21)17-19-8-9-23(25(29)30)26-16-19/h3-9,14,16,21-22,24,27H,2,10-13,15,17H2,1H3,(H,29,30)/b20-14+/t22-,24+/m0/s1. The van der Waals surface area contributed by atoms with Crippen LogP contribution < -0.4 is 5.32 Å². The third-order valence-corrected chi connectivity index (χ3v) is 6.31. The molecule has 0 unspecified atom stereocenters. The molecule has 30 heavy (non-hydrogen) atoms. The maximum absolute atomic E-state index is 10.9. The van der Waals surface area contributed by atoms with E-state index in [1.807, 2.05) is 6.07 Å². The molecule has 0 amide bonds. The summed E-state index contributed by atoms with van der Waals surface area (Å²) >= 11 is 0. The zero-order valence-electron chi connectivity index (χ0n) is 17.6. The lowest BCUT2D eigenvalue weighted by atomic mass is 10.0. The van der Waals surface area contributed by atoms with Crippen LogP contribution in [-0.4, -0.2) is 46.1 Å². The second-order valence-corrected chi connectivity index (χ2v) is 8.51. The number of aromatic nitrogens is 1. The maximum Gasteiger partial charge on any atom is 0.354 e. The van der Waals surface area contributed by atoms with Crippen molar-refractivity contribution in [1.29, 1.82) is 0 Å². The van der Waals surface area contributed by atoms with Crippen molar-refractivity contribution in [1.82, 2.24) is 15.2 Å². The first kappa shape index (κ1) is 20.8. The SMILES string of the molecule is CC/C(=C\c1ccccc1)[C@@H]1C[C@H]1NC1CCN(Cc2ccc(C(=O)O)nc2)CC1. The van der Waals surface area contributed by atoms with E-state index < -0.39 is 5.97 Å². The minimum atomic E-state index is -0.975. The lowest BCUT2D eigenvalue weighted by Gasteiger charge is -2.32. The molecule has 5 nitrogen and oxygen atoms in total. The highest BCUT2D eigenvalue weighted by Crippen LogP contribution is 2.40. The summed E-state index contributed by atoms with van der Waals surface area (Å²) in [5.41, 5.74) is 4.05. The van der Waals surface area contributed by atoms with Crippen LogP contribution in [0.25, 0.3) is 6.08 Å². The molecule has 2 N–H and O–H groups in total. The van der Waals surface area contributed by atoms with Gasteiger partial charge in [0.25, 0.3) is 0 Å². The summed E-state index contributed by atoms with van der Waals surface area (Å²) in [6.07, 6.45) is 8.76. The van der Waals surface area contributed by atoms with Crippen molar-refractivity contribution in [2.45, 2.75) is 51.2 Å². The van der Waals surface area contributed by atoms with Gasteiger partial charge in [0.05, 0.1) is 0 Å². The highest BCUT2D eigenvalue weighted by Gasteiger charge is 2.40. The fourth-order valence-corrected chi connectivity index (χ4v) is 4.49. The number of carboxylic acids is 1. The molecule has 1 saturated heterocycles. The molecular formula is C25H31N3O2. The van der Waals surface area contributed by atoms with Crippen molar-refractivity contribution in [3.63, 3.8) is 0 Å². The Morgan fingerprint density at radius 2 is 1.97 bits per heavy atom. The number of rotatable bonds is 8. The number of nitrogens with one attached hydrogen (secondary N) is 1. The molecule has 5 heteroatoms. The van der Waals surface area contributed by atoms with Gasteiger partial charge in [-0.3, -0.25) is 4.90 Å². The molecule has 2 aliphatic rings. The smallest absolute Gasteiger partial charge is 0.354 e. The summed E-state index contributed by atoms with van der Waals surface area (Å²) in [4.78, 5) is 17.4. The molecule has 2 heterocycles. The van der Waals surface area contributed by atoms with Crippen molar-refractivity contribution in [3.8, 4) is 0 Å². The predicted molar refractivity (Wildman–Crippen MR) is 119 cm³/mol. The molecule has 1 aliphatic heterocycles. The molecule has 1 aliphatic carbocycles. The van der Waals surface area contributed by atoms with E-state index in [1.165, 1.54) is 12.0 Å². The normalized spacial score (nSPS) is 22.8. The molecule has 1 saturated carbocycles. The number of likely N-dealkylation sites (tertiary alicyclic amines) is 1. The fraction of sp³-hybridized carbons (Fsp3) is 0.440. The molecule has 4 rings (SSSR count). The second kappa shape index (κ2) is 9.54. The van der Waals surface area contributed by atoms with Gasteiger partial charge in [-0.15, -0.1) is 0 Å². The minimum Gasteiger partial charge on any atom is -0.477 e. The minimum absolute atomic E-state index is 0.105. The lowest BCUT2D eigenvalue weighted by Crippen LogP contribution is -2.43. The van der Waals surface area contributed by atoms with E-state index in [9.17, 15) is 4.79 Å². The highest BCUT2D eigenvalue weighted by molar-refractivity contribution is 5.85. The Hall–Kier alpha value is -2.50. The summed E-state index contributed by atoms with van der Waals surface area (Å²) in [7, 11) is 0. The van der Waals surface area contributed by atoms with E-state index in [0.29, 0.717) is 18.0 Å². The van der Waals surface area contributed by atoms with Gasteiger partial charge in [0.2, 0.25) is 0 Å². The molecule has 158 valence electrons. The number of benzene rings is 1. The quantitative estimate of drug-likeness (QED) is 0.689. The largest absolute Gasteiger partial charge is 0.477 e. The zero-order chi connectivity index (χ0) is 20.9. The van der Waals surface area contributed by atoms with Gasteiger partial charge in [-0.1, -0.05) is 55.0 Å². The molecule has 1 aromatic carbocycles. The summed E-state index contributed by atoms with van der Waals surface area (Å²) in [5, 5.41) is 12.9. The second-order valence-electron chi connectivity index (χ2n) is 8.51. The topological polar surface area (TPSA) is 65.5 Å². The van der Waals surface area contributed by atoms with Crippen LogP contribution in [0.1, 0.15) is 54.2 Å². The van der Waals surface area contributed by atoms with Gasteiger partial charge in [-0.05, 0) is 61.9 Å². The summed E-state index contributed by atoms with van der Waals surface area (Å²) in [6.45, 7) is 5.23. The number of carbonyl (C=O) groups is 1. The Balaban J connectivity index is 1.23. The van der Waals surface area contributed by atoms with E-state index in [4.69, 9.17) is 5.11 Å². The zero-order valence-corrected chi connectivity index (χ0v) is 17.6. The van der Waals surface area contributed by atoms with Gasteiger partial charge in [0, 0.05) is 24.8 Å². The number of nitrogens with zero attached hydrogens (tertiary/aromatic N) is 2. The van der Waals surface area contributed by atoms with E-state index in [2.05, 4.69) is 58.5 Å². The van der Waals surface area contributed by atoms with Crippen molar-refractivity contribution in [3.05, 3.63) is 71.1 Å². The summed E-state index contributed by atoms with van der Waals surface area (Å²) in [5.74, 6) is -0.288. The third kappa shape index (κ3) is 5.35. The average Bonchev–Trinajstić information content (AvgIpc) is 3.53. The number of piperidine rings is 1. The van der Waals surface area contributed by atoms with Crippen LogP contribution >= 0.6 is 0 Å². The van der Waals surface area contributed by atoms with Gasteiger partial charge in [0.1, 0.15) is 5.69 Å². The molecule has 0 radical (unpaired) electrons. The Bertz CT molecular complexity index is 871. The van der Waals surface area contributed by atoms with Crippen LogP contribution in [0.4, 0.5) is 0 Å². The Labute approximate surface area is 178 Å². The van der Waals surface area contributed by atoms with Gasteiger partial charge < -0.3 is 10.4 Å². The number of pyridine rings is 1. The summed E-state index contributed by atoms with van der Waals surface area (Å²) in [6, 6.07) is 15.3. The first-order valence-corrected chi connectivity index (χ1v) is 11.0. The first-order chi connectivity index (χ1) is 14.6. The summed E-state index contributed by atoms with van der Waals surface area (Å²) < 4.78 is 0. The molecule has 2 aromatic rings. The van der Waals surface area contributed by atoms with Crippen LogP contribution in [-0.2, 0) is 6.54 Å². The Morgan fingerprint density at radius 1 is 1.20 bits per heavy atom. The van der Waals surface area contributed by atoms with Gasteiger partial charge in [-0.25, -0.2) is 9.78 Å². The first-order valence-electron chi connectivity index (χ1n) is 11.0. The monoisotopic (exact) mass is 405 g/mol. The molecular weight excluding hydrogens is 374 g/mol. The Morgan fingerprint density at radius 3 is 2.60 bits per heavy atom. The molecule has 2 fully saturated rings. The van der Waals surface area contributed by atoms with Crippen LogP contribution in [0.2, 0.25) is 0 Å². The molecule has 1 aromatic heterocycles. The van der Waals surface area contributed by atoms with Gasteiger partial charge in [-0.2, -0.15) is 0 Å². The van der Waals surface area contributed by atoms with E-state index in [1.54, 1.807) is 17.8 Å². The number of hydrogen-bond acceptors (Lipinski definition) is 4. The van der Waals surface area contributed by atoms with Crippen LogP contribution in [0.3, 0.4) is 0 Å². The number of carboxylic acid groups (broad SMARTS) is 1. The Kier molecular flexibility index (Phi) is 6.60. The van der Waals surface area contributed by atoms with Crippen LogP contribution in [0.5, 0.6) is 0 Å². The van der Waals surface area contributed by atoms with Gasteiger partial charge >= 0.3 is 5.97 Å². The van der Waals surface area contributed by atoms with E-state index >= 15 is 0 Å². The van der Waals surface area contributed by atoms with Crippen molar-refractivity contribution < 1.29 is 9.90 Å². The highest BCUT2D eigenvalue weighted by atomic mass is 16.4. The van der Waals surface area contributed by atoms with Crippen molar-refractivity contribution in [2.75, 3.05) is 13.1 Å². The van der Waals surface area contributed by atoms with E-state index in [0.717, 1.165) is 44.5 Å². The van der Waals surface area contributed by atoms with Crippen LogP contribution in [0, 0.1) is 5.92 Å². The van der Waals surface area contributed by atoms with E-state index in [-0.39, 0.29) is 5.69 Å². The van der Waals surface area contributed by atoms with Crippen molar-refractivity contribution >= 4 is 12.0 Å². The average molecular weight is 406 g/mol. The predicted octanol–water partition coefficient (Wildman–Crippen LogP) is 4.22. The van der Waals surface area contributed by atoms with Crippen molar-refractivity contribution in [2.24, 2.45) is 5.92 Å². The maximum atomic E-state index is 10.9. The number of aromatic carboxylic acids is 1. The van der Waals surface area contributed by atoms with Gasteiger partial charge in [0.15, 0.2) is 0 Å². The molecule has 0 bridgehead atoms.